The fraction of sp³-hybridized carbons (Fsp3) is 0.625. The summed E-state index contributed by atoms with van der Waals surface area (Å²) in [5.74, 6) is -0.0682. The van der Waals surface area contributed by atoms with Crippen LogP contribution < -0.4 is 5.32 Å². The molecule has 4 heteroatoms. The third kappa shape index (κ3) is 3.37. The normalized spacial score (nSPS) is 24.8. The summed E-state index contributed by atoms with van der Waals surface area (Å²) >= 11 is 0. The molecule has 2 aliphatic heterocycles. The molecule has 1 atom stereocenters. The van der Waals surface area contributed by atoms with Crippen LogP contribution in [0.1, 0.15) is 36.4 Å². The maximum Gasteiger partial charge on any atom is 0.128 e. The molecule has 2 aliphatic rings. The van der Waals surface area contributed by atoms with Crippen molar-refractivity contribution in [3.63, 3.8) is 0 Å². The number of nitrogens with one attached hydrogen (secondary N) is 1. The van der Waals surface area contributed by atoms with Crippen molar-refractivity contribution < 1.29 is 9.13 Å². The number of rotatable bonds is 3. The third-order valence-electron chi connectivity index (χ3n) is 4.29. The molecular weight excluding hydrogens is 255 g/mol. The molecule has 2 heterocycles. The number of piperidine rings is 1. The van der Waals surface area contributed by atoms with Crippen molar-refractivity contribution >= 4 is 0 Å². The van der Waals surface area contributed by atoms with Gasteiger partial charge in [0, 0.05) is 31.2 Å². The molecule has 2 fully saturated rings. The molecule has 2 saturated heterocycles. The maximum atomic E-state index is 14.3. The van der Waals surface area contributed by atoms with Crippen molar-refractivity contribution in [3.8, 4) is 0 Å². The Bertz CT molecular complexity index is 440. The molecule has 1 unspecified atom stereocenters. The van der Waals surface area contributed by atoms with Crippen LogP contribution >= 0.6 is 0 Å². The molecule has 3 nitrogen and oxygen atoms in total. The van der Waals surface area contributed by atoms with Crippen LogP contribution in [0.3, 0.4) is 0 Å². The van der Waals surface area contributed by atoms with E-state index in [2.05, 4.69) is 16.3 Å². The quantitative estimate of drug-likeness (QED) is 0.919. The molecule has 1 N–H and O–H groups in total. The summed E-state index contributed by atoms with van der Waals surface area (Å²) in [7, 11) is 0. The van der Waals surface area contributed by atoms with Crippen LogP contribution in [0.2, 0.25) is 0 Å². The monoisotopic (exact) mass is 278 g/mol. The minimum atomic E-state index is -0.0682. The van der Waals surface area contributed by atoms with E-state index in [1.165, 1.54) is 12.8 Å². The first-order valence-corrected chi connectivity index (χ1v) is 7.65. The fourth-order valence-corrected chi connectivity index (χ4v) is 3.05. The smallest absolute Gasteiger partial charge is 0.128 e. The number of halogens is 1. The van der Waals surface area contributed by atoms with Gasteiger partial charge in [-0.1, -0.05) is 18.6 Å². The van der Waals surface area contributed by atoms with Crippen LogP contribution in [0.5, 0.6) is 0 Å². The minimum Gasteiger partial charge on any atom is -0.379 e. The van der Waals surface area contributed by atoms with Gasteiger partial charge in [0.15, 0.2) is 0 Å². The molecular formula is C16H23FN2O. The van der Waals surface area contributed by atoms with E-state index in [0.717, 1.165) is 50.4 Å². The lowest BCUT2D eigenvalue weighted by Gasteiger charge is -2.27. The van der Waals surface area contributed by atoms with E-state index in [-0.39, 0.29) is 5.82 Å². The standard InChI is InChI=1S/C16H23FN2O/c17-15-11-13(16-3-1-2-6-18-16)4-5-14(15)12-19-7-9-20-10-8-19/h4-5,11,16,18H,1-3,6-10,12H2. The average molecular weight is 278 g/mol. The van der Waals surface area contributed by atoms with Crippen molar-refractivity contribution in [1.29, 1.82) is 0 Å². The highest BCUT2D eigenvalue weighted by molar-refractivity contribution is 5.27. The van der Waals surface area contributed by atoms with E-state index in [0.29, 0.717) is 12.6 Å². The van der Waals surface area contributed by atoms with E-state index in [9.17, 15) is 4.39 Å². The summed E-state index contributed by atoms with van der Waals surface area (Å²) in [6.45, 7) is 5.03. The lowest BCUT2D eigenvalue weighted by Crippen LogP contribution is -2.35. The highest BCUT2D eigenvalue weighted by Crippen LogP contribution is 2.25. The summed E-state index contributed by atoms with van der Waals surface area (Å²) < 4.78 is 19.6. The number of ether oxygens (including phenoxy) is 1. The molecule has 20 heavy (non-hydrogen) atoms. The van der Waals surface area contributed by atoms with Crippen LogP contribution in [0.15, 0.2) is 18.2 Å². The highest BCUT2D eigenvalue weighted by Gasteiger charge is 2.17. The predicted molar refractivity (Wildman–Crippen MR) is 77.1 cm³/mol. The van der Waals surface area contributed by atoms with Gasteiger partial charge < -0.3 is 10.1 Å². The van der Waals surface area contributed by atoms with Crippen molar-refractivity contribution in [2.24, 2.45) is 0 Å². The molecule has 0 spiro atoms. The van der Waals surface area contributed by atoms with Gasteiger partial charge in [0.2, 0.25) is 0 Å². The summed E-state index contributed by atoms with van der Waals surface area (Å²) in [4.78, 5) is 2.25. The second-order valence-corrected chi connectivity index (χ2v) is 5.74. The Kier molecular flexibility index (Phi) is 4.65. The Balaban J connectivity index is 1.66. The molecule has 0 bridgehead atoms. The summed E-state index contributed by atoms with van der Waals surface area (Å²) in [5.41, 5.74) is 1.89. The number of nitrogens with zero attached hydrogens (tertiary/aromatic N) is 1. The molecule has 1 aromatic carbocycles. The maximum absolute atomic E-state index is 14.3. The van der Waals surface area contributed by atoms with E-state index in [4.69, 9.17) is 4.74 Å². The van der Waals surface area contributed by atoms with Crippen molar-refractivity contribution in [2.75, 3.05) is 32.8 Å². The molecule has 0 amide bonds. The Hall–Kier alpha value is -0.970. The van der Waals surface area contributed by atoms with E-state index in [1.54, 1.807) is 6.07 Å². The molecule has 1 aromatic rings. The van der Waals surface area contributed by atoms with Crippen LogP contribution in [0.25, 0.3) is 0 Å². The Morgan fingerprint density at radius 2 is 2.10 bits per heavy atom. The highest BCUT2D eigenvalue weighted by atomic mass is 19.1. The molecule has 0 aliphatic carbocycles. The first-order chi connectivity index (χ1) is 9.83. The van der Waals surface area contributed by atoms with E-state index >= 15 is 0 Å². The van der Waals surface area contributed by atoms with E-state index < -0.39 is 0 Å². The zero-order valence-electron chi connectivity index (χ0n) is 11.9. The van der Waals surface area contributed by atoms with Gasteiger partial charge >= 0.3 is 0 Å². The lowest BCUT2D eigenvalue weighted by molar-refractivity contribution is 0.0337. The molecule has 110 valence electrons. The van der Waals surface area contributed by atoms with Crippen LogP contribution in [-0.4, -0.2) is 37.7 Å². The third-order valence-corrected chi connectivity index (χ3v) is 4.29. The number of benzene rings is 1. The average Bonchev–Trinajstić information content (AvgIpc) is 2.51. The van der Waals surface area contributed by atoms with Crippen LogP contribution in [0.4, 0.5) is 4.39 Å². The zero-order valence-corrected chi connectivity index (χ0v) is 11.9. The minimum absolute atomic E-state index is 0.0682. The molecule has 0 aromatic heterocycles. The van der Waals surface area contributed by atoms with Gasteiger partial charge in [0.25, 0.3) is 0 Å². The zero-order chi connectivity index (χ0) is 13.8. The topological polar surface area (TPSA) is 24.5 Å². The van der Waals surface area contributed by atoms with Crippen LogP contribution in [-0.2, 0) is 11.3 Å². The molecule has 0 saturated carbocycles. The van der Waals surface area contributed by atoms with Gasteiger partial charge in [-0.2, -0.15) is 0 Å². The van der Waals surface area contributed by atoms with Gasteiger partial charge in [-0.05, 0) is 31.0 Å². The predicted octanol–water partition coefficient (Wildman–Crippen LogP) is 2.47. The number of hydrogen-bond donors (Lipinski definition) is 1. The summed E-state index contributed by atoms with van der Waals surface area (Å²) in [5, 5.41) is 3.47. The second kappa shape index (κ2) is 6.66. The Morgan fingerprint density at radius 1 is 1.25 bits per heavy atom. The van der Waals surface area contributed by atoms with Crippen LogP contribution in [0, 0.1) is 5.82 Å². The first-order valence-electron chi connectivity index (χ1n) is 7.65. The number of morpholine rings is 1. The molecule has 0 radical (unpaired) electrons. The van der Waals surface area contributed by atoms with Crippen molar-refractivity contribution in [1.82, 2.24) is 10.2 Å². The Morgan fingerprint density at radius 3 is 2.80 bits per heavy atom. The van der Waals surface area contributed by atoms with Gasteiger partial charge in [0.1, 0.15) is 5.82 Å². The van der Waals surface area contributed by atoms with Gasteiger partial charge in [0.05, 0.1) is 13.2 Å². The summed E-state index contributed by atoms with van der Waals surface area (Å²) in [6.07, 6.45) is 3.57. The fourth-order valence-electron chi connectivity index (χ4n) is 3.05. The van der Waals surface area contributed by atoms with Crippen molar-refractivity contribution in [2.45, 2.75) is 31.8 Å². The first kappa shape index (κ1) is 14.0. The Labute approximate surface area is 120 Å². The van der Waals surface area contributed by atoms with Gasteiger partial charge in [-0.15, -0.1) is 0 Å². The summed E-state index contributed by atoms with van der Waals surface area (Å²) in [6, 6.07) is 6.09. The lowest BCUT2D eigenvalue weighted by atomic mass is 9.96. The van der Waals surface area contributed by atoms with Crippen molar-refractivity contribution in [3.05, 3.63) is 35.1 Å². The number of hydrogen-bond acceptors (Lipinski definition) is 3. The van der Waals surface area contributed by atoms with E-state index in [1.807, 2.05) is 6.07 Å². The van der Waals surface area contributed by atoms with Gasteiger partial charge in [-0.25, -0.2) is 4.39 Å². The second-order valence-electron chi connectivity index (χ2n) is 5.74. The molecule has 3 rings (SSSR count). The SMILES string of the molecule is Fc1cc(C2CCCCN2)ccc1CN1CCOCC1. The largest absolute Gasteiger partial charge is 0.379 e. The van der Waals surface area contributed by atoms with Gasteiger partial charge in [-0.3, -0.25) is 4.90 Å².